The summed E-state index contributed by atoms with van der Waals surface area (Å²) in [5.41, 5.74) is 0.479. The Balaban J connectivity index is 1.39. The van der Waals surface area contributed by atoms with Crippen molar-refractivity contribution in [1.82, 2.24) is 15.5 Å². The van der Waals surface area contributed by atoms with Crippen LogP contribution in [-0.2, 0) is 9.59 Å². The number of carbonyl (C=O) groups is 3. The lowest BCUT2D eigenvalue weighted by Gasteiger charge is -2.28. The average Bonchev–Trinajstić information content (AvgIpc) is 3.08. The summed E-state index contributed by atoms with van der Waals surface area (Å²) in [6.45, 7) is 1.78. The molecule has 3 aliphatic rings. The molecule has 3 unspecified atom stereocenters. The van der Waals surface area contributed by atoms with E-state index in [1.54, 1.807) is 24.3 Å². The fraction of sp³-hybridized carbons (Fsp3) is 0.526. The van der Waals surface area contributed by atoms with Crippen LogP contribution in [0.4, 0.5) is 10.5 Å². The van der Waals surface area contributed by atoms with Gasteiger partial charge in [0.2, 0.25) is 5.91 Å². The molecule has 8 heteroatoms. The van der Waals surface area contributed by atoms with Crippen LogP contribution in [0, 0.1) is 0 Å². The number of anilines is 1. The molecular formula is C19H23ClN4O3. The summed E-state index contributed by atoms with van der Waals surface area (Å²) < 4.78 is 0. The fourth-order valence-corrected chi connectivity index (χ4v) is 4.47. The predicted octanol–water partition coefficient (Wildman–Crippen LogP) is 1.90. The Kier molecular flexibility index (Phi) is 5.06. The van der Waals surface area contributed by atoms with Crippen LogP contribution >= 0.6 is 11.6 Å². The van der Waals surface area contributed by atoms with Crippen molar-refractivity contribution in [3.05, 3.63) is 29.3 Å². The highest BCUT2D eigenvalue weighted by Gasteiger charge is 2.41. The first kappa shape index (κ1) is 18.3. The molecule has 3 heterocycles. The van der Waals surface area contributed by atoms with Gasteiger partial charge in [-0.2, -0.15) is 0 Å². The number of amides is 4. The monoisotopic (exact) mass is 390 g/mol. The summed E-state index contributed by atoms with van der Waals surface area (Å²) >= 11 is 5.87. The van der Waals surface area contributed by atoms with Crippen LogP contribution in [0.1, 0.15) is 32.1 Å². The molecule has 3 fully saturated rings. The minimum absolute atomic E-state index is 0.0817. The molecule has 0 aromatic heterocycles. The Morgan fingerprint density at radius 2 is 1.85 bits per heavy atom. The van der Waals surface area contributed by atoms with Gasteiger partial charge in [0.05, 0.1) is 5.69 Å². The van der Waals surface area contributed by atoms with Gasteiger partial charge in [-0.1, -0.05) is 11.6 Å². The third-order valence-electron chi connectivity index (χ3n) is 5.69. The molecule has 0 saturated carbocycles. The van der Waals surface area contributed by atoms with Crippen molar-refractivity contribution >= 4 is 35.1 Å². The SMILES string of the molecule is O=C1NC(CCC(=O)N2C3CCNCC2CC3)C(=O)N1c1ccc(Cl)cc1. The second kappa shape index (κ2) is 7.48. The van der Waals surface area contributed by atoms with Crippen LogP contribution in [0.25, 0.3) is 0 Å². The topological polar surface area (TPSA) is 81.8 Å². The Morgan fingerprint density at radius 3 is 2.63 bits per heavy atom. The number of carbonyl (C=O) groups excluding carboxylic acids is 3. The number of rotatable bonds is 4. The molecule has 3 aliphatic heterocycles. The minimum atomic E-state index is -0.667. The van der Waals surface area contributed by atoms with E-state index in [4.69, 9.17) is 11.6 Å². The van der Waals surface area contributed by atoms with E-state index in [0.29, 0.717) is 23.2 Å². The Morgan fingerprint density at radius 1 is 1.11 bits per heavy atom. The van der Waals surface area contributed by atoms with Crippen LogP contribution in [0.2, 0.25) is 5.02 Å². The van der Waals surface area contributed by atoms with Gasteiger partial charge in [-0.25, -0.2) is 9.69 Å². The van der Waals surface area contributed by atoms with E-state index in [1.165, 1.54) is 0 Å². The molecule has 1 aromatic carbocycles. The predicted molar refractivity (Wildman–Crippen MR) is 102 cm³/mol. The largest absolute Gasteiger partial charge is 0.335 e. The molecule has 1 aromatic rings. The number of benzene rings is 1. The summed E-state index contributed by atoms with van der Waals surface area (Å²) in [4.78, 5) is 40.8. The Labute approximate surface area is 163 Å². The number of fused-ring (bicyclic) bond motifs is 2. The lowest BCUT2D eigenvalue weighted by Crippen LogP contribution is -2.43. The highest BCUT2D eigenvalue weighted by atomic mass is 35.5. The smallest absolute Gasteiger partial charge is 0.329 e. The quantitative estimate of drug-likeness (QED) is 0.769. The van der Waals surface area contributed by atoms with Gasteiger partial charge in [0.25, 0.3) is 5.91 Å². The zero-order valence-corrected chi connectivity index (χ0v) is 15.7. The van der Waals surface area contributed by atoms with Crippen molar-refractivity contribution in [3.63, 3.8) is 0 Å². The van der Waals surface area contributed by atoms with E-state index in [9.17, 15) is 14.4 Å². The molecule has 27 heavy (non-hydrogen) atoms. The van der Waals surface area contributed by atoms with Gasteiger partial charge in [-0.05, 0) is 56.5 Å². The van der Waals surface area contributed by atoms with E-state index >= 15 is 0 Å². The molecule has 2 N–H and O–H groups in total. The first-order valence-corrected chi connectivity index (χ1v) is 9.84. The van der Waals surface area contributed by atoms with Crippen molar-refractivity contribution < 1.29 is 14.4 Å². The molecule has 4 rings (SSSR count). The normalized spacial score (nSPS) is 27.7. The van der Waals surface area contributed by atoms with Crippen LogP contribution < -0.4 is 15.5 Å². The lowest BCUT2D eigenvalue weighted by atomic mass is 10.1. The number of hydrogen-bond acceptors (Lipinski definition) is 4. The maximum atomic E-state index is 12.8. The second-order valence-corrected chi connectivity index (χ2v) is 7.81. The Bertz CT molecular complexity index is 740. The standard InChI is InChI=1S/C19H23ClN4O3/c20-12-1-3-13(4-2-12)24-18(26)16(22-19(24)27)7-8-17(25)23-14-5-6-15(23)11-21-10-9-14/h1-4,14-16,21H,5-11H2,(H,22,27). The summed E-state index contributed by atoms with van der Waals surface area (Å²) in [7, 11) is 0. The minimum Gasteiger partial charge on any atom is -0.335 e. The average molecular weight is 391 g/mol. The first-order valence-electron chi connectivity index (χ1n) is 9.46. The van der Waals surface area contributed by atoms with E-state index in [2.05, 4.69) is 10.6 Å². The van der Waals surface area contributed by atoms with Crippen LogP contribution in [-0.4, -0.2) is 54.0 Å². The highest BCUT2D eigenvalue weighted by molar-refractivity contribution is 6.30. The number of halogens is 1. The second-order valence-electron chi connectivity index (χ2n) is 7.37. The van der Waals surface area contributed by atoms with Crippen molar-refractivity contribution in [1.29, 1.82) is 0 Å². The van der Waals surface area contributed by atoms with E-state index < -0.39 is 12.1 Å². The van der Waals surface area contributed by atoms with Gasteiger partial charge in [-0.3, -0.25) is 9.59 Å². The third-order valence-corrected chi connectivity index (χ3v) is 5.95. The molecule has 3 atom stereocenters. The summed E-state index contributed by atoms with van der Waals surface area (Å²) in [5.74, 6) is -0.242. The molecule has 7 nitrogen and oxygen atoms in total. The van der Waals surface area contributed by atoms with Gasteiger partial charge >= 0.3 is 6.03 Å². The Hall–Kier alpha value is -2.12. The highest BCUT2D eigenvalue weighted by Crippen LogP contribution is 2.29. The van der Waals surface area contributed by atoms with E-state index in [-0.39, 0.29) is 24.3 Å². The van der Waals surface area contributed by atoms with Gasteiger partial charge in [0, 0.05) is 30.1 Å². The van der Waals surface area contributed by atoms with Crippen molar-refractivity contribution in [2.45, 2.75) is 50.2 Å². The molecule has 3 saturated heterocycles. The van der Waals surface area contributed by atoms with Crippen molar-refractivity contribution in [2.24, 2.45) is 0 Å². The number of nitrogens with one attached hydrogen (secondary N) is 2. The number of nitrogens with zero attached hydrogens (tertiary/aromatic N) is 2. The number of urea groups is 1. The van der Waals surface area contributed by atoms with Crippen molar-refractivity contribution in [2.75, 3.05) is 18.0 Å². The zero-order chi connectivity index (χ0) is 19.0. The summed E-state index contributed by atoms with van der Waals surface area (Å²) in [6, 6.07) is 5.97. The lowest BCUT2D eigenvalue weighted by molar-refractivity contribution is -0.134. The van der Waals surface area contributed by atoms with Gasteiger partial charge in [0.15, 0.2) is 0 Å². The summed E-state index contributed by atoms with van der Waals surface area (Å²) in [6.07, 6.45) is 3.65. The molecule has 0 aliphatic carbocycles. The number of imide groups is 1. The number of hydrogen-bond donors (Lipinski definition) is 2. The van der Waals surface area contributed by atoms with Crippen LogP contribution in [0.3, 0.4) is 0 Å². The molecule has 144 valence electrons. The maximum absolute atomic E-state index is 12.8. The van der Waals surface area contributed by atoms with Gasteiger partial charge < -0.3 is 15.5 Å². The van der Waals surface area contributed by atoms with Gasteiger partial charge in [-0.15, -0.1) is 0 Å². The fourth-order valence-electron chi connectivity index (χ4n) is 4.35. The van der Waals surface area contributed by atoms with Crippen LogP contribution in [0.5, 0.6) is 0 Å². The maximum Gasteiger partial charge on any atom is 0.329 e. The zero-order valence-electron chi connectivity index (χ0n) is 15.0. The molecular weight excluding hydrogens is 368 g/mol. The summed E-state index contributed by atoms with van der Waals surface area (Å²) in [5, 5.41) is 6.61. The third kappa shape index (κ3) is 3.53. The van der Waals surface area contributed by atoms with E-state index in [0.717, 1.165) is 37.3 Å². The van der Waals surface area contributed by atoms with Gasteiger partial charge in [0.1, 0.15) is 6.04 Å². The van der Waals surface area contributed by atoms with Crippen molar-refractivity contribution in [3.8, 4) is 0 Å². The molecule has 2 bridgehead atoms. The first-order chi connectivity index (χ1) is 13.0. The molecule has 4 amide bonds. The van der Waals surface area contributed by atoms with Crippen LogP contribution in [0.15, 0.2) is 24.3 Å². The van der Waals surface area contributed by atoms with E-state index in [1.807, 2.05) is 4.90 Å². The molecule has 0 spiro atoms. The molecule has 0 radical (unpaired) electrons.